The van der Waals surface area contributed by atoms with Crippen molar-refractivity contribution in [2.24, 2.45) is 0 Å². The van der Waals surface area contributed by atoms with Crippen LogP contribution in [0.15, 0.2) is 30.6 Å². The zero-order valence-corrected chi connectivity index (χ0v) is 10.5. The standard InChI is InChI=1S/C13H12N2O2S/c18-13-8-14-7-10(15-13)9-2-3-11-12(6-9)17-5-1-4-16-11/h2-3,6-8H,1,4-5H2,(H,15,18). The molecule has 1 aromatic carbocycles. The molecule has 0 atom stereocenters. The van der Waals surface area contributed by atoms with Gasteiger partial charge in [0.1, 0.15) is 4.64 Å². The highest BCUT2D eigenvalue weighted by atomic mass is 32.1. The summed E-state index contributed by atoms with van der Waals surface area (Å²) in [5, 5.41) is 0. The van der Waals surface area contributed by atoms with Gasteiger partial charge >= 0.3 is 0 Å². The van der Waals surface area contributed by atoms with E-state index in [2.05, 4.69) is 9.97 Å². The summed E-state index contributed by atoms with van der Waals surface area (Å²) in [6.07, 6.45) is 4.26. The number of ether oxygens (including phenoxy) is 2. The second kappa shape index (κ2) is 4.78. The smallest absolute Gasteiger partial charge is 0.161 e. The molecule has 92 valence electrons. The van der Waals surface area contributed by atoms with Gasteiger partial charge in [-0.2, -0.15) is 0 Å². The molecule has 5 heteroatoms. The summed E-state index contributed by atoms with van der Waals surface area (Å²) < 4.78 is 11.9. The fourth-order valence-corrected chi connectivity index (χ4v) is 2.03. The third-order valence-electron chi connectivity index (χ3n) is 2.71. The minimum absolute atomic E-state index is 0.611. The zero-order chi connectivity index (χ0) is 12.4. The normalized spacial score (nSPS) is 14.0. The highest BCUT2D eigenvalue weighted by molar-refractivity contribution is 7.71. The van der Waals surface area contributed by atoms with E-state index in [4.69, 9.17) is 21.7 Å². The molecular formula is C13H12N2O2S. The molecule has 0 radical (unpaired) electrons. The zero-order valence-electron chi connectivity index (χ0n) is 9.68. The van der Waals surface area contributed by atoms with Crippen LogP contribution in [0.2, 0.25) is 0 Å². The van der Waals surface area contributed by atoms with E-state index >= 15 is 0 Å². The number of H-pyrrole nitrogens is 1. The number of fused-ring (bicyclic) bond motifs is 1. The molecule has 0 bridgehead atoms. The predicted molar refractivity (Wildman–Crippen MR) is 70.5 cm³/mol. The summed E-state index contributed by atoms with van der Waals surface area (Å²) in [5.74, 6) is 1.56. The fourth-order valence-electron chi connectivity index (χ4n) is 1.85. The molecule has 0 aliphatic carbocycles. The number of nitrogens with zero attached hydrogens (tertiary/aromatic N) is 1. The van der Waals surface area contributed by atoms with E-state index in [1.165, 1.54) is 0 Å². The van der Waals surface area contributed by atoms with Crippen LogP contribution in [0.25, 0.3) is 11.3 Å². The first-order valence-corrected chi connectivity index (χ1v) is 6.18. The van der Waals surface area contributed by atoms with Crippen molar-refractivity contribution in [3.63, 3.8) is 0 Å². The quantitative estimate of drug-likeness (QED) is 0.801. The Balaban J connectivity index is 2.04. The molecule has 0 amide bonds. The lowest BCUT2D eigenvalue weighted by Gasteiger charge is -2.09. The van der Waals surface area contributed by atoms with Crippen molar-refractivity contribution in [2.45, 2.75) is 6.42 Å². The molecule has 0 saturated heterocycles. The van der Waals surface area contributed by atoms with Crippen molar-refractivity contribution in [2.75, 3.05) is 13.2 Å². The first kappa shape index (κ1) is 11.2. The van der Waals surface area contributed by atoms with Gasteiger partial charge in [-0.3, -0.25) is 4.98 Å². The van der Waals surface area contributed by atoms with Gasteiger partial charge in [0, 0.05) is 12.0 Å². The van der Waals surface area contributed by atoms with Gasteiger partial charge < -0.3 is 14.5 Å². The van der Waals surface area contributed by atoms with Gasteiger partial charge in [-0.1, -0.05) is 12.2 Å². The van der Waals surface area contributed by atoms with Gasteiger partial charge in [0.2, 0.25) is 0 Å². The van der Waals surface area contributed by atoms with Crippen LogP contribution in [0.1, 0.15) is 6.42 Å². The maximum absolute atomic E-state index is 5.66. The number of nitrogens with one attached hydrogen (secondary N) is 1. The third kappa shape index (κ3) is 2.22. The molecule has 0 saturated carbocycles. The number of hydrogen-bond acceptors (Lipinski definition) is 4. The Morgan fingerprint density at radius 1 is 1.11 bits per heavy atom. The van der Waals surface area contributed by atoms with Crippen molar-refractivity contribution in [3.8, 4) is 22.8 Å². The van der Waals surface area contributed by atoms with Crippen molar-refractivity contribution in [3.05, 3.63) is 35.2 Å². The summed E-state index contributed by atoms with van der Waals surface area (Å²) in [6.45, 7) is 1.38. The molecule has 1 N–H and O–H groups in total. The fraction of sp³-hybridized carbons (Fsp3) is 0.231. The Hall–Kier alpha value is -1.88. The predicted octanol–water partition coefficient (Wildman–Crippen LogP) is 2.97. The average Bonchev–Trinajstić information content (AvgIpc) is 2.63. The third-order valence-corrected chi connectivity index (χ3v) is 2.92. The summed E-state index contributed by atoms with van der Waals surface area (Å²) in [6, 6.07) is 5.83. The van der Waals surface area contributed by atoms with Crippen LogP contribution in [-0.4, -0.2) is 23.2 Å². The highest BCUT2D eigenvalue weighted by Crippen LogP contribution is 2.33. The van der Waals surface area contributed by atoms with Gasteiger partial charge in [0.05, 0.1) is 31.3 Å². The topological polar surface area (TPSA) is 47.1 Å². The van der Waals surface area contributed by atoms with Crippen LogP contribution in [0.3, 0.4) is 0 Å². The van der Waals surface area contributed by atoms with Crippen LogP contribution < -0.4 is 9.47 Å². The van der Waals surface area contributed by atoms with E-state index < -0.39 is 0 Å². The summed E-state index contributed by atoms with van der Waals surface area (Å²) >= 11 is 5.07. The number of rotatable bonds is 1. The summed E-state index contributed by atoms with van der Waals surface area (Å²) in [5.41, 5.74) is 1.86. The van der Waals surface area contributed by atoms with Crippen molar-refractivity contribution in [1.82, 2.24) is 9.97 Å². The Labute approximate surface area is 110 Å². The highest BCUT2D eigenvalue weighted by Gasteiger charge is 2.11. The van der Waals surface area contributed by atoms with Crippen LogP contribution in [0.5, 0.6) is 11.5 Å². The average molecular weight is 260 g/mol. The van der Waals surface area contributed by atoms with Gasteiger partial charge in [0.25, 0.3) is 0 Å². The van der Waals surface area contributed by atoms with E-state index in [0.29, 0.717) is 17.9 Å². The van der Waals surface area contributed by atoms with Crippen LogP contribution >= 0.6 is 12.2 Å². The summed E-state index contributed by atoms with van der Waals surface area (Å²) in [4.78, 5) is 7.19. The Kier molecular flexibility index (Phi) is 2.98. The summed E-state index contributed by atoms with van der Waals surface area (Å²) in [7, 11) is 0. The van der Waals surface area contributed by atoms with E-state index in [-0.39, 0.29) is 0 Å². The number of hydrogen-bond donors (Lipinski definition) is 1. The SMILES string of the molecule is S=c1cncc(-c2ccc3c(c2)OCCCO3)[nH]1. The molecule has 18 heavy (non-hydrogen) atoms. The molecule has 2 aromatic rings. The number of aromatic amines is 1. The molecule has 1 aliphatic heterocycles. The lowest BCUT2D eigenvalue weighted by Crippen LogP contribution is -1.97. The molecule has 2 heterocycles. The molecule has 1 aliphatic rings. The molecule has 0 fully saturated rings. The number of benzene rings is 1. The van der Waals surface area contributed by atoms with Crippen LogP contribution in [-0.2, 0) is 0 Å². The Morgan fingerprint density at radius 3 is 2.78 bits per heavy atom. The first-order chi connectivity index (χ1) is 8.83. The van der Waals surface area contributed by atoms with Crippen molar-refractivity contribution < 1.29 is 9.47 Å². The molecular weight excluding hydrogens is 248 g/mol. The van der Waals surface area contributed by atoms with Crippen LogP contribution in [0.4, 0.5) is 0 Å². The van der Waals surface area contributed by atoms with Gasteiger partial charge in [-0.15, -0.1) is 0 Å². The van der Waals surface area contributed by atoms with Crippen LogP contribution in [0, 0.1) is 4.64 Å². The number of aromatic nitrogens is 2. The second-order valence-corrected chi connectivity index (χ2v) is 4.46. The Bertz CT molecular complexity index is 624. The molecule has 0 spiro atoms. The minimum atomic E-state index is 0.611. The van der Waals surface area contributed by atoms with E-state index in [1.807, 2.05) is 18.2 Å². The first-order valence-electron chi connectivity index (χ1n) is 5.77. The largest absolute Gasteiger partial charge is 0.490 e. The van der Waals surface area contributed by atoms with Gasteiger partial charge in [-0.25, -0.2) is 0 Å². The maximum atomic E-state index is 5.66. The maximum Gasteiger partial charge on any atom is 0.161 e. The lowest BCUT2D eigenvalue weighted by molar-refractivity contribution is 0.297. The van der Waals surface area contributed by atoms with Gasteiger partial charge in [-0.05, 0) is 18.2 Å². The molecule has 0 unspecified atom stereocenters. The lowest BCUT2D eigenvalue weighted by atomic mass is 10.1. The van der Waals surface area contributed by atoms with Crippen molar-refractivity contribution in [1.29, 1.82) is 0 Å². The Morgan fingerprint density at radius 2 is 1.94 bits per heavy atom. The second-order valence-electron chi connectivity index (χ2n) is 4.02. The van der Waals surface area contributed by atoms with E-state index in [9.17, 15) is 0 Å². The van der Waals surface area contributed by atoms with E-state index in [0.717, 1.165) is 29.2 Å². The van der Waals surface area contributed by atoms with E-state index in [1.54, 1.807) is 12.4 Å². The minimum Gasteiger partial charge on any atom is -0.490 e. The van der Waals surface area contributed by atoms with Gasteiger partial charge in [0.15, 0.2) is 11.5 Å². The van der Waals surface area contributed by atoms with Crippen molar-refractivity contribution >= 4 is 12.2 Å². The molecule has 4 nitrogen and oxygen atoms in total. The molecule has 3 rings (SSSR count). The molecule has 1 aromatic heterocycles. The monoisotopic (exact) mass is 260 g/mol.